The number of nitrogens with zero attached hydrogens (tertiary/aromatic N) is 3. The van der Waals surface area contributed by atoms with Gasteiger partial charge in [-0.15, -0.1) is 0 Å². The highest BCUT2D eigenvalue weighted by Gasteiger charge is 2.29. The molecular weight excluding hydrogens is 364 g/mol. The summed E-state index contributed by atoms with van der Waals surface area (Å²) < 4.78 is 5.56. The maximum Gasteiger partial charge on any atom is 0.321 e. The number of hydrogen-bond donors (Lipinski definition) is 1. The third-order valence-corrected chi connectivity index (χ3v) is 5.40. The number of likely N-dealkylation sites (tertiary alicyclic amines) is 1. The van der Waals surface area contributed by atoms with Crippen molar-refractivity contribution in [2.24, 2.45) is 0 Å². The van der Waals surface area contributed by atoms with Gasteiger partial charge in [0.05, 0.1) is 5.92 Å². The van der Waals surface area contributed by atoms with Gasteiger partial charge in [0.15, 0.2) is 0 Å². The van der Waals surface area contributed by atoms with Crippen molar-refractivity contribution in [3.63, 3.8) is 0 Å². The molecule has 1 fully saturated rings. The summed E-state index contributed by atoms with van der Waals surface area (Å²) in [5.41, 5.74) is 5.19. The van der Waals surface area contributed by atoms with Crippen molar-refractivity contribution >= 4 is 11.7 Å². The van der Waals surface area contributed by atoms with E-state index in [0.717, 1.165) is 41.8 Å². The van der Waals surface area contributed by atoms with Crippen molar-refractivity contribution in [3.8, 4) is 11.4 Å². The maximum absolute atomic E-state index is 12.8. The SMILES string of the molecule is Cc1cccc(-c2noc(C3CCCN(C(=O)Nc4ccc(C)cc4C)C3)n2)c1. The largest absolute Gasteiger partial charge is 0.339 e. The van der Waals surface area contributed by atoms with Gasteiger partial charge in [-0.25, -0.2) is 4.79 Å². The molecule has 4 rings (SSSR count). The maximum atomic E-state index is 12.8. The smallest absolute Gasteiger partial charge is 0.321 e. The molecule has 2 amide bonds. The first-order valence-corrected chi connectivity index (χ1v) is 10.0. The highest BCUT2D eigenvalue weighted by atomic mass is 16.5. The van der Waals surface area contributed by atoms with Gasteiger partial charge in [0.25, 0.3) is 0 Å². The first-order valence-electron chi connectivity index (χ1n) is 10.0. The fourth-order valence-corrected chi connectivity index (χ4v) is 3.81. The molecule has 1 aliphatic rings. The van der Waals surface area contributed by atoms with Crippen LogP contribution in [0.5, 0.6) is 0 Å². The molecule has 6 nitrogen and oxygen atoms in total. The van der Waals surface area contributed by atoms with Crippen molar-refractivity contribution in [1.82, 2.24) is 15.0 Å². The zero-order valence-corrected chi connectivity index (χ0v) is 17.1. The van der Waals surface area contributed by atoms with Gasteiger partial charge in [0.2, 0.25) is 11.7 Å². The van der Waals surface area contributed by atoms with E-state index in [1.807, 2.05) is 62.1 Å². The van der Waals surface area contributed by atoms with E-state index in [1.165, 1.54) is 5.56 Å². The quantitative estimate of drug-likeness (QED) is 0.677. The minimum absolute atomic E-state index is 0.0553. The van der Waals surface area contributed by atoms with Crippen molar-refractivity contribution in [3.05, 3.63) is 65.0 Å². The number of hydrogen-bond acceptors (Lipinski definition) is 4. The Hall–Kier alpha value is -3.15. The van der Waals surface area contributed by atoms with Crippen molar-refractivity contribution in [2.75, 3.05) is 18.4 Å². The summed E-state index contributed by atoms with van der Waals surface area (Å²) in [6.45, 7) is 7.40. The predicted octanol–water partition coefficient (Wildman–Crippen LogP) is 5.07. The molecule has 1 unspecified atom stereocenters. The molecule has 3 aromatic rings. The van der Waals surface area contributed by atoms with Gasteiger partial charge in [-0.05, 0) is 51.3 Å². The standard InChI is InChI=1S/C23H26N4O2/c1-15-6-4-7-18(13-15)21-25-22(29-26-21)19-8-5-11-27(14-19)23(28)24-20-10-9-16(2)12-17(20)3/h4,6-7,9-10,12-13,19H,5,8,11,14H2,1-3H3,(H,24,28). The summed E-state index contributed by atoms with van der Waals surface area (Å²) in [6.07, 6.45) is 1.84. The number of piperidine rings is 1. The van der Waals surface area contributed by atoms with E-state index in [2.05, 4.69) is 21.5 Å². The highest BCUT2D eigenvalue weighted by molar-refractivity contribution is 5.90. The minimum atomic E-state index is -0.0833. The first-order chi connectivity index (χ1) is 14.0. The van der Waals surface area contributed by atoms with E-state index in [1.54, 1.807) is 0 Å². The van der Waals surface area contributed by atoms with Crippen molar-refractivity contribution < 1.29 is 9.32 Å². The Morgan fingerprint density at radius 3 is 2.76 bits per heavy atom. The first kappa shape index (κ1) is 19.2. The fourth-order valence-electron chi connectivity index (χ4n) is 3.81. The van der Waals surface area contributed by atoms with Gasteiger partial charge in [-0.1, -0.05) is 46.6 Å². The molecule has 1 atom stereocenters. The molecule has 0 aliphatic carbocycles. The fraction of sp³-hybridized carbons (Fsp3) is 0.348. The molecule has 1 aromatic heterocycles. The Labute approximate surface area is 170 Å². The Balaban J connectivity index is 1.45. The number of amides is 2. The number of aromatic nitrogens is 2. The second-order valence-electron chi connectivity index (χ2n) is 7.86. The number of carbonyl (C=O) groups is 1. The van der Waals surface area contributed by atoms with Gasteiger partial charge in [-0.3, -0.25) is 0 Å². The van der Waals surface area contributed by atoms with Gasteiger partial charge >= 0.3 is 6.03 Å². The average Bonchev–Trinajstić information content (AvgIpc) is 3.20. The molecule has 0 radical (unpaired) electrons. The topological polar surface area (TPSA) is 71.3 Å². The van der Waals surface area contributed by atoms with Crippen LogP contribution in [0.15, 0.2) is 47.0 Å². The Morgan fingerprint density at radius 2 is 1.97 bits per heavy atom. The molecule has 1 aliphatic heterocycles. The van der Waals surface area contributed by atoms with Crippen LogP contribution in [0.1, 0.15) is 41.3 Å². The zero-order chi connectivity index (χ0) is 20.4. The summed E-state index contributed by atoms with van der Waals surface area (Å²) in [5, 5.41) is 7.19. The summed E-state index contributed by atoms with van der Waals surface area (Å²) in [6, 6.07) is 14.0. The predicted molar refractivity (Wildman–Crippen MR) is 113 cm³/mol. The van der Waals surface area contributed by atoms with Crippen LogP contribution in [0.3, 0.4) is 0 Å². The van der Waals surface area contributed by atoms with Crippen LogP contribution >= 0.6 is 0 Å². The lowest BCUT2D eigenvalue weighted by atomic mass is 9.98. The van der Waals surface area contributed by atoms with Crippen LogP contribution in [-0.2, 0) is 0 Å². The summed E-state index contributed by atoms with van der Waals surface area (Å²) in [5.74, 6) is 1.26. The Morgan fingerprint density at radius 1 is 1.14 bits per heavy atom. The number of carbonyl (C=O) groups excluding carboxylic acids is 1. The normalized spacial score (nSPS) is 16.7. The molecule has 6 heteroatoms. The van der Waals surface area contributed by atoms with E-state index in [-0.39, 0.29) is 11.9 Å². The molecule has 0 bridgehead atoms. The lowest BCUT2D eigenvalue weighted by Crippen LogP contribution is -2.41. The number of aryl methyl sites for hydroxylation is 3. The van der Waals surface area contributed by atoms with Crippen molar-refractivity contribution in [2.45, 2.75) is 39.5 Å². The van der Waals surface area contributed by atoms with E-state index < -0.39 is 0 Å². The third-order valence-electron chi connectivity index (χ3n) is 5.40. The minimum Gasteiger partial charge on any atom is -0.339 e. The molecule has 150 valence electrons. The van der Waals surface area contributed by atoms with Gasteiger partial charge < -0.3 is 14.7 Å². The number of anilines is 1. The Kier molecular flexibility index (Phi) is 5.34. The molecular formula is C23H26N4O2. The van der Waals surface area contributed by atoms with Crippen LogP contribution in [0.2, 0.25) is 0 Å². The second-order valence-corrected chi connectivity index (χ2v) is 7.86. The molecule has 0 saturated carbocycles. The molecule has 1 N–H and O–H groups in total. The van der Waals surface area contributed by atoms with E-state index in [9.17, 15) is 4.79 Å². The molecule has 1 saturated heterocycles. The summed E-state index contributed by atoms with van der Waals surface area (Å²) >= 11 is 0. The lowest BCUT2D eigenvalue weighted by molar-refractivity contribution is 0.184. The molecule has 2 heterocycles. The van der Waals surface area contributed by atoms with E-state index in [4.69, 9.17) is 4.52 Å². The van der Waals surface area contributed by atoms with E-state index >= 15 is 0 Å². The third kappa shape index (κ3) is 4.31. The van der Waals surface area contributed by atoms with Gasteiger partial charge in [0, 0.05) is 24.3 Å². The molecule has 0 spiro atoms. The zero-order valence-electron chi connectivity index (χ0n) is 17.1. The van der Waals surface area contributed by atoms with Crippen LogP contribution in [0.25, 0.3) is 11.4 Å². The number of nitrogens with one attached hydrogen (secondary N) is 1. The summed E-state index contributed by atoms with van der Waals surface area (Å²) in [4.78, 5) is 19.2. The highest BCUT2D eigenvalue weighted by Crippen LogP contribution is 2.28. The Bertz CT molecular complexity index is 1030. The van der Waals surface area contributed by atoms with Gasteiger partial charge in [0.1, 0.15) is 0 Å². The lowest BCUT2D eigenvalue weighted by Gasteiger charge is -2.31. The second kappa shape index (κ2) is 8.07. The summed E-state index contributed by atoms with van der Waals surface area (Å²) in [7, 11) is 0. The number of benzene rings is 2. The van der Waals surface area contributed by atoms with Crippen LogP contribution in [0, 0.1) is 20.8 Å². The van der Waals surface area contributed by atoms with Crippen LogP contribution in [0.4, 0.5) is 10.5 Å². The van der Waals surface area contributed by atoms with Gasteiger partial charge in [-0.2, -0.15) is 4.98 Å². The number of rotatable bonds is 3. The van der Waals surface area contributed by atoms with E-state index in [0.29, 0.717) is 18.3 Å². The average molecular weight is 390 g/mol. The molecule has 29 heavy (non-hydrogen) atoms. The molecule has 2 aromatic carbocycles. The monoisotopic (exact) mass is 390 g/mol. The van der Waals surface area contributed by atoms with Crippen molar-refractivity contribution in [1.29, 1.82) is 0 Å². The number of urea groups is 1. The van der Waals surface area contributed by atoms with Crippen LogP contribution in [-0.4, -0.2) is 34.2 Å². The van der Waals surface area contributed by atoms with Crippen LogP contribution < -0.4 is 5.32 Å².